The van der Waals surface area contributed by atoms with E-state index in [0.29, 0.717) is 5.56 Å². The molecule has 1 atom stereocenters. The lowest BCUT2D eigenvalue weighted by molar-refractivity contribution is 0.0627. The predicted octanol–water partition coefficient (Wildman–Crippen LogP) is 1.88. The van der Waals surface area contributed by atoms with Gasteiger partial charge in [0.25, 0.3) is 0 Å². The molecule has 23 heavy (non-hydrogen) atoms. The summed E-state index contributed by atoms with van der Waals surface area (Å²) in [5.41, 5.74) is -1.14. The molecular formula is C16H15FN2O3S. The van der Waals surface area contributed by atoms with Crippen LogP contribution in [0.15, 0.2) is 53.4 Å². The summed E-state index contributed by atoms with van der Waals surface area (Å²) >= 11 is 0. The van der Waals surface area contributed by atoms with Gasteiger partial charge in [-0.05, 0) is 36.8 Å². The van der Waals surface area contributed by atoms with E-state index in [9.17, 15) is 17.9 Å². The van der Waals surface area contributed by atoms with Crippen LogP contribution >= 0.6 is 0 Å². The zero-order chi connectivity index (χ0) is 17.1. The van der Waals surface area contributed by atoms with Crippen LogP contribution in [0.4, 0.5) is 4.39 Å². The van der Waals surface area contributed by atoms with Gasteiger partial charge in [-0.25, -0.2) is 17.5 Å². The molecule has 0 heterocycles. The summed E-state index contributed by atoms with van der Waals surface area (Å²) in [5, 5.41) is 19.4. The van der Waals surface area contributed by atoms with Crippen LogP contribution in [0.2, 0.25) is 0 Å². The van der Waals surface area contributed by atoms with Gasteiger partial charge in [-0.1, -0.05) is 24.3 Å². The largest absolute Gasteiger partial charge is 0.384 e. The third-order valence-corrected chi connectivity index (χ3v) is 4.83. The van der Waals surface area contributed by atoms with Gasteiger partial charge in [-0.15, -0.1) is 0 Å². The van der Waals surface area contributed by atoms with Crippen molar-refractivity contribution in [3.05, 3.63) is 65.5 Å². The fourth-order valence-electron chi connectivity index (χ4n) is 2.02. The highest BCUT2D eigenvalue weighted by atomic mass is 32.2. The maximum absolute atomic E-state index is 12.9. The second kappa shape index (κ2) is 6.46. The van der Waals surface area contributed by atoms with Crippen molar-refractivity contribution in [1.82, 2.24) is 4.72 Å². The molecule has 7 heteroatoms. The van der Waals surface area contributed by atoms with Crippen LogP contribution in [-0.2, 0) is 15.6 Å². The number of hydrogen-bond donors (Lipinski definition) is 2. The molecule has 2 aromatic rings. The Morgan fingerprint density at radius 2 is 1.83 bits per heavy atom. The summed E-state index contributed by atoms with van der Waals surface area (Å²) < 4.78 is 39.8. The van der Waals surface area contributed by atoms with Gasteiger partial charge in [0, 0.05) is 6.54 Å². The number of benzene rings is 2. The van der Waals surface area contributed by atoms with E-state index in [1.807, 2.05) is 6.07 Å². The Kier molecular flexibility index (Phi) is 4.80. The third-order valence-electron chi connectivity index (χ3n) is 3.37. The van der Waals surface area contributed by atoms with Crippen molar-refractivity contribution in [3.63, 3.8) is 0 Å². The molecule has 0 saturated heterocycles. The standard InChI is InChI=1S/C16H15FN2O3S/c1-16(20,13-6-8-14(17)9-7-13)11-19-23(21,22)15-5-3-2-4-12(15)10-18/h2-9,19-20H,11H2,1H3. The van der Waals surface area contributed by atoms with Crippen LogP contribution in [0.25, 0.3) is 0 Å². The summed E-state index contributed by atoms with van der Waals surface area (Å²) in [6, 6.07) is 12.7. The average molecular weight is 334 g/mol. The Morgan fingerprint density at radius 3 is 2.43 bits per heavy atom. The van der Waals surface area contributed by atoms with Crippen molar-refractivity contribution in [1.29, 1.82) is 5.26 Å². The van der Waals surface area contributed by atoms with Gasteiger partial charge in [0.05, 0.1) is 10.5 Å². The van der Waals surface area contributed by atoms with Crippen molar-refractivity contribution in [2.75, 3.05) is 6.54 Å². The molecule has 120 valence electrons. The van der Waals surface area contributed by atoms with Crippen LogP contribution in [0.1, 0.15) is 18.1 Å². The van der Waals surface area contributed by atoms with Gasteiger partial charge in [0.1, 0.15) is 17.5 Å². The fraction of sp³-hybridized carbons (Fsp3) is 0.188. The zero-order valence-corrected chi connectivity index (χ0v) is 13.1. The first-order valence-electron chi connectivity index (χ1n) is 6.73. The quantitative estimate of drug-likeness (QED) is 0.873. The summed E-state index contributed by atoms with van der Waals surface area (Å²) in [5.74, 6) is -0.451. The minimum atomic E-state index is -3.96. The fourth-order valence-corrected chi connectivity index (χ4v) is 3.31. The molecule has 0 fully saturated rings. The van der Waals surface area contributed by atoms with Crippen LogP contribution in [0.3, 0.4) is 0 Å². The second-order valence-electron chi connectivity index (χ2n) is 5.21. The van der Waals surface area contributed by atoms with Gasteiger partial charge in [-0.3, -0.25) is 0 Å². The number of nitrogens with one attached hydrogen (secondary N) is 1. The first kappa shape index (κ1) is 17.1. The molecule has 0 spiro atoms. The third kappa shape index (κ3) is 3.93. The Hall–Kier alpha value is -2.27. The van der Waals surface area contributed by atoms with Crippen LogP contribution in [0.5, 0.6) is 0 Å². The van der Waals surface area contributed by atoms with Crippen LogP contribution in [0, 0.1) is 17.1 Å². The van der Waals surface area contributed by atoms with Gasteiger partial charge in [0.15, 0.2) is 0 Å². The lowest BCUT2D eigenvalue weighted by Gasteiger charge is -2.24. The number of hydrogen-bond acceptors (Lipinski definition) is 4. The van der Waals surface area contributed by atoms with Gasteiger partial charge < -0.3 is 5.11 Å². The van der Waals surface area contributed by atoms with E-state index in [-0.39, 0.29) is 17.0 Å². The van der Waals surface area contributed by atoms with E-state index in [1.165, 1.54) is 49.4 Å². The van der Waals surface area contributed by atoms with Crippen molar-refractivity contribution >= 4 is 10.0 Å². The Balaban J connectivity index is 2.22. The molecular weight excluding hydrogens is 319 g/mol. The molecule has 0 saturated carbocycles. The Bertz CT molecular complexity index is 840. The van der Waals surface area contributed by atoms with E-state index in [0.717, 1.165) is 0 Å². The average Bonchev–Trinajstić information content (AvgIpc) is 2.53. The molecule has 0 aliphatic heterocycles. The van der Waals surface area contributed by atoms with Crippen LogP contribution < -0.4 is 4.72 Å². The molecule has 2 rings (SSSR count). The molecule has 0 amide bonds. The SMILES string of the molecule is CC(O)(CNS(=O)(=O)c1ccccc1C#N)c1ccc(F)cc1. The molecule has 2 aromatic carbocycles. The molecule has 5 nitrogen and oxygen atoms in total. The maximum atomic E-state index is 12.9. The smallest absolute Gasteiger partial charge is 0.241 e. The van der Waals surface area contributed by atoms with Crippen molar-refractivity contribution < 1.29 is 17.9 Å². The maximum Gasteiger partial charge on any atom is 0.241 e. The monoisotopic (exact) mass is 334 g/mol. The lowest BCUT2D eigenvalue weighted by Crippen LogP contribution is -2.38. The molecule has 0 aliphatic rings. The molecule has 0 aliphatic carbocycles. The summed E-state index contributed by atoms with van der Waals surface area (Å²) in [7, 11) is -3.96. The van der Waals surface area contributed by atoms with Crippen molar-refractivity contribution in [3.8, 4) is 6.07 Å². The van der Waals surface area contributed by atoms with Gasteiger partial charge in [0.2, 0.25) is 10.0 Å². The second-order valence-corrected chi connectivity index (χ2v) is 6.95. The van der Waals surface area contributed by atoms with E-state index in [1.54, 1.807) is 6.07 Å². The normalized spacial score (nSPS) is 14.0. The van der Waals surface area contributed by atoms with Gasteiger partial charge >= 0.3 is 0 Å². The molecule has 0 bridgehead atoms. The summed E-state index contributed by atoms with van der Waals surface area (Å²) in [6.07, 6.45) is 0. The highest BCUT2D eigenvalue weighted by Gasteiger charge is 2.27. The number of nitriles is 1. The highest BCUT2D eigenvalue weighted by molar-refractivity contribution is 7.89. The number of nitrogens with zero attached hydrogens (tertiary/aromatic N) is 1. The zero-order valence-electron chi connectivity index (χ0n) is 12.3. The minimum absolute atomic E-state index is 0.0152. The Labute approximate surface area is 134 Å². The molecule has 1 unspecified atom stereocenters. The van der Waals surface area contributed by atoms with E-state index in [2.05, 4.69) is 4.72 Å². The highest BCUT2D eigenvalue weighted by Crippen LogP contribution is 2.21. The summed E-state index contributed by atoms with van der Waals surface area (Å²) in [6.45, 7) is 1.10. The first-order chi connectivity index (χ1) is 10.8. The van der Waals surface area contributed by atoms with E-state index >= 15 is 0 Å². The van der Waals surface area contributed by atoms with Crippen molar-refractivity contribution in [2.45, 2.75) is 17.4 Å². The minimum Gasteiger partial charge on any atom is -0.384 e. The summed E-state index contributed by atoms with van der Waals surface area (Å²) in [4.78, 5) is -0.155. The predicted molar refractivity (Wildman–Crippen MR) is 82.3 cm³/mol. The number of rotatable bonds is 5. The van der Waals surface area contributed by atoms with E-state index < -0.39 is 21.4 Å². The number of halogens is 1. The van der Waals surface area contributed by atoms with E-state index in [4.69, 9.17) is 5.26 Å². The number of aliphatic hydroxyl groups is 1. The molecule has 0 aromatic heterocycles. The lowest BCUT2D eigenvalue weighted by atomic mass is 9.96. The molecule has 0 radical (unpaired) electrons. The Morgan fingerprint density at radius 1 is 1.22 bits per heavy atom. The number of sulfonamides is 1. The van der Waals surface area contributed by atoms with Gasteiger partial charge in [-0.2, -0.15) is 5.26 Å². The topological polar surface area (TPSA) is 90.2 Å². The van der Waals surface area contributed by atoms with Crippen molar-refractivity contribution in [2.24, 2.45) is 0 Å². The first-order valence-corrected chi connectivity index (χ1v) is 8.22. The molecule has 2 N–H and O–H groups in total. The van der Waals surface area contributed by atoms with Crippen LogP contribution in [-0.4, -0.2) is 20.1 Å².